The fourth-order valence-corrected chi connectivity index (χ4v) is 2.37. The molecular weight excluding hydrogens is 232 g/mol. The first kappa shape index (κ1) is 12.1. The van der Waals surface area contributed by atoms with E-state index in [1.807, 2.05) is 24.3 Å². The molecule has 0 spiro atoms. The number of ether oxygens (including phenoxy) is 1. The van der Waals surface area contributed by atoms with Gasteiger partial charge in [0.15, 0.2) is 0 Å². The van der Waals surface area contributed by atoms with Crippen LogP contribution in [-0.2, 0) is 6.42 Å². The number of aliphatic hydroxyl groups excluding tert-OH is 1. The average molecular weight is 248 g/mol. The zero-order valence-corrected chi connectivity index (χ0v) is 10.6. The standard InChI is InChI=1S/C14H16O2S/c1-11(15)13-4-2-3-5-14(13)16-8-6-12-7-9-17-10-12/h2-5,7,9-11,15H,6,8H2,1H3/t11-/m0/s1. The van der Waals surface area contributed by atoms with E-state index in [0.29, 0.717) is 6.61 Å². The smallest absolute Gasteiger partial charge is 0.125 e. The van der Waals surface area contributed by atoms with Crippen LogP contribution in [0, 0.1) is 0 Å². The Kier molecular flexibility index (Phi) is 4.18. The molecule has 0 radical (unpaired) electrons. The molecule has 0 fully saturated rings. The molecule has 0 unspecified atom stereocenters. The molecule has 0 saturated carbocycles. The first-order valence-electron chi connectivity index (χ1n) is 5.68. The van der Waals surface area contributed by atoms with Crippen molar-refractivity contribution in [2.75, 3.05) is 6.61 Å². The fraction of sp³-hybridized carbons (Fsp3) is 0.286. The Morgan fingerprint density at radius 1 is 1.29 bits per heavy atom. The van der Waals surface area contributed by atoms with Gasteiger partial charge in [-0.15, -0.1) is 0 Å². The number of hydrogen-bond donors (Lipinski definition) is 1. The summed E-state index contributed by atoms with van der Waals surface area (Å²) >= 11 is 1.70. The first-order valence-corrected chi connectivity index (χ1v) is 6.62. The summed E-state index contributed by atoms with van der Waals surface area (Å²) in [6.45, 7) is 2.39. The minimum Gasteiger partial charge on any atom is -0.493 e. The molecule has 0 aliphatic heterocycles. The summed E-state index contributed by atoms with van der Waals surface area (Å²) in [4.78, 5) is 0. The maximum atomic E-state index is 9.61. The monoisotopic (exact) mass is 248 g/mol. The van der Waals surface area contributed by atoms with Crippen molar-refractivity contribution < 1.29 is 9.84 Å². The Morgan fingerprint density at radius 3 is 2.82 bits per heavy atom. The molecule has 1 N–H and O–H groups in total. The van der Waals surface area contributed by atoms with Crippen molar-refractivity contribution in [3.05, 3.63) is 52.2 Å². The van der Waals surface area contributed by atoms with Crippen molar-refractivity contribution >= 4 is 11.3 Å². The Balaban J connectivity index is 1.94. The molecule has 1 atom stereocenters. The van der Waals surface area contributed by atoms with Gasteiger partial charge in [-0.25, -0.2) is 0 Å². The van der Waals surface area contributed by atoms with E-state index < -0.39 is 6.10 Å². The number of benzene rings is 1. The van der Waals surface area contributed by atoms with Crippen LogP contribution < -0.4 is 4.74 Å². The fourth-order valence-electron chi connectivity index (χ4n) is 1.67. The molecule has 0 saturated heterocycles. The summed E-state index contributed by atoms with van der Waals surface area (Å²) < 4.78 is 5.72. The van der Waals surface area contributed by atoms with Gasteiger partial charge in [0.25, 0.3) is 0 Å². The predicted molar refractivity (Wildman–Crippen MR) is 70.6 cm³/mol. The third kappa shape index (κ3) is 3.32. The minimum atomic E-state index is -0.493. The van der Waals surface area contributed by atoms with Crippen molar-refractivity contribution in [3.8, 4) is 5.75 Å². The zero-order chi connectivity index (χ0) is 12.1. The van der Waals surface area contributed by atoms with Crippen LogP contribution in [0.1, 0.15) is 24.2 Å². The van der Waals surface area contributed by atoms with Crippen molar-refractivity contribution in [3.63, 3.8) is 0 Å². The van der Waals surface area contributed by atoms with Gasteiger partial charge >= 0.3 is 0 Å². The molecule has 2 rings (SSSR count). The van der Waals surface area contributed by atoms with Gasteiger partial charge in [0.2, 0.25) is 0 Å². The van der Waals surface area contributed by atoms with Gasteiger partial charge in [0, 0.05) is 12.0 Å². The number of rotatable bonds is 5. The summed E-state index contributed by atoms with van der Waals surface area (Å²) in [6.07, 6.45) is 0.407. The zero-order valence-electron chi connectivity index (χ0n) is 9.80. The van der Waals surface area contributed by atoms with Crippen LogP contribution in [0.2, 0.25) is 0 Å². The normalized spacial score (nSPS) is 12.4. The minimum absolute atomic E-state index is 0.493. The van der Waals surface area contributed by atoms with Gasteiger partial charge in [-0.1, -0.05) is 18.2 Å². The number of aliphatic hydroxyl groups is 1. The third-order valence-electron chi connectivity index (χ3n) is 2.60. The van der Waals surface area contributed by atoms with E-state index in [9.17, 15) is 5.11 Å². The molecule has 1 aromatic carbocycles. The van der Waals surface area contributed by atoms with Gasteiger partial charge in [0.05, 0.1) is 12.7 Å². The van der Waals surface area contributed by atoms with Crippen LogP contribution in [0.25, 0.3) is 0 Å². The number of thiophene rings is 1. The summed E-state index contributed by atoms with van der Waals surface area (Å²) in [6, 6.07) is 9.73. The van der Waals surface area contributed by atoms with Crippen LogP contribution in [0.3, 0.4) is 0 Å². The third-order valence-corrected chi connectivity index (χ3v) is 3.33. The highest BCUT2D eigenvalue weighted by Gasteiger charge is 2.07. The molecule has 0 amide bonds. The molecule has 0 bridgehead atoms. The molecule has 0 aliphatic carbocycles. The first-order chi connectivity index (χ1) is 8.27. The summed E-state index contributed by atoms with van der Waals surface area (Å²) in [5.41, 5.74) is 2.14. The van der Waals surface area contributed by atoms with E-state index in [-0.39, 0.29) is 0 Å². The largest absolute Gasteiger partial charge is 0.493 e. The molecule has 0 aliphatic rings. The van der Waals surface area contributed by atoms with Gasteiger partial charge in [-0.3, -0.25) is 0 Å². The lowest BCUT2D eigenvalue weighted by Crippen LogP contribution is -2.04. The molecule has 1 aromatic heterocycles. The van der Waals surface area contributed by atoms with Crippen molar-refractivity contribution in [2.45, 2.75) is 19.4 Å². The van der Waals surface area contributed by atoms with Gasteiger partial charge < -0.3 is 9.84 Å². The molecule has 90 valence electrons. The van der Waals surface area contributed by atoms with E-state index in [2.05, 4.69) is 16.8 Å². The quantitative estimate of drug-likeness (QED) is 0.878. The van der Waals surface area contributed by atoms with Crippen molar-refractivity contribution in [1.29, 1.82) is 0 Å². The van der Waals surface area contributed by atoms with E-state index in [0.717, 1.165) is 17.7 Å². The number of hydrogen-bond acceptors (Lipinski definition) is 3. The van der Waals surface area contributed by atoms with Crippen LogP contribution in [-0.4, -0.2) is 11.7 Å². The van der Waals surface area contributed by atoms with Crippen molar-refractivity contribution in [1.82, 2.24) is 0 Å². The van der Waals surface area contributed by atoms with Crippen LogP contribution >= 0.6 is 11.3 Å². The maximum Gasteiger partial charge on any atom is 0.125 e. The Hall–Kier alpha value is -1.32. The topological polar surface area (TPSA) is 29.5 Å². The predicted octanol–water partition coefficient (Wildman–Crippen LogP) is 3.42. The van der Waals surface area contributed by atoms with Gasteiger partial charge in [-0.05, 0) is 35.4 Å². The molecule has 2 aromatic rings. The Morgan fingerprint density at radius 2 is 2.12 bits per heavy atom. The second-order valence-electron chi connectivity index (χ2n) is 3.94. The Bertz CT molecular complexity index is 449. The lowest BCUT2D eigenvalue weighted by atomic mass is 10.1. The van der Waals surface area contributed by atoms with Crippen LogP contribution in [0.5, 0.6) is 5.75 Å². The molecule has 3 heteroatoms. The Labute approximate surface area is 105 Å². The highest BCUT2D eigenvalue weighted by Crippen LogP contribution is 2.24. The second kappa shape index (κ2) is 5.84. The van der Waals surface area contributed by atoms with E-state index in [1.54, 1.807) is 18.3 Å². The van der Waals surface area contributed by atoms with Crippen molar-refractivity contribution in [2.24, 2.45) is 0 Å². The molecular formula is C14H16O2S. The summed E-state index contributed by atoms with van der Waals surface area (Å²) in [7, 11) is 0. The lowest BCUT2D eigenvalue weighted by Gasteiger charge is -2.12. The SMILES string of the molecule is C[C@H](O)c1ccccc1OCCc1ccsc1. The van der Waals surface area contributed by atoms with Crippen LogP contribution in [0.4, 0.5) is 0 Å². The molecule has 1 heterocycles. The highest BCUT2D eigenvalue weighted by atomic mass is 32.1. The summed E-state index contributed by atoms with van der Waals surface area (Å²) in [5.74, 6) is 0.776. The highest BCUT2D eigenvalue weighted by molar-refractivity contribution is 7.07. The maximum absolute atomic E-state index is 9.61. The molecule has 2 nitrogen and oxygen atoms in total. The molecule has 17 heavy (non-hydrogen) atoms. The van der Waals surface area contributed by atoms with E-state index >= 15 is 0 Å². The number of para-hydroxylation sites is 1. The van der Waals surface area contributed by atoms with E-state index in [4.69, 9.17) is 4.74 Å². The van der Waals surface area contributed by atoms with Gasteiger partial charge in [0.1, 0.15) is 5.75 Å². The van der Waals surface area contributed by atoms with E-state index in [1.165, 1.54) is 5.56 Å². The average Bonchev–Trinajstić information content (AvgIpc) is 2.82. The van der Waals surface area contributed by atoms with Gasteiger partial charge in [-0.2, -0.15) is 11.3 Å². The second-order valence-corrected chi connectivity index (χ2v) is 4.72. The van der Waals surface area contributed by atoms with Crippen LogP contribution in [0.15, 0.2) is 41.1 Å². The lowest BCUT2D eigenvalue weighted by molar-refractivity contribution is 0.191. The summed E-state index contributed by atoms with van der Waals surface area (Å²) in [5, 5.41) is 13.8.